The van der Waals surface area contributed by atoms with E-state index < -0.39 is 4.92 Å². The van der Waals surface area contributed by atoms with E-state index in [1.54, 1.807) is 12.1 Å². The Hall–Kier alpha value is -1.62. The zero-order chi connectivity index (χ0) is 10.8. The fraction of sp³-hybridized carbons (Fsp3) is 0.400. The lowest BCUT2D eigenvalue weighted by molar-refractivity contribution is -0.384. The summed E-state index contributed by atoms with van der Waals surface area (Å²) >= 11 is 0. The first-order valence-electron chi connectivity index (χ1n) is 4.92. The predicted molar refractivity (Wildman–Crippen MR) is 57.7 cm³/mol. The topological polar surface area (TPSA) is 81.2 Å². The summed E-state index contributed by atoms with van der Waals surface area (Å²) in [5, 5.41) is 13.8. The molecule has 2 rings (SSSR count). The second-order valence-electron chi connectivity index (χ2n) is 3.88. The van der Waals surface area contributed by atoms with E-state index >= 15 is 0 Å². The number of rotatable bonds is 3. The van der Waals surface area contributed by atoms with E-state index in [9.17, 15) is 10.1 Å². The van der Waals surface area contributed by atoms with Crippen molar-refractivity contribution < 1.29 is 4.92 Å². The molecule has 0 aromatic heterocycles. The van der Waals surface area contributed by atoms with Crippen LogP contribution in [0.2, 0.25) is 0 Å². The number of nitrogens with two attached hydrogens (primary N) is 1. The normalized spacial score (nSPS) is 24.3. The Morgan fingerprint density at radius 3 is 2.80 bits per heavy atom. The van der Waals surface area contributed by atoms with Gasteiger partial charge in [0.1, 0.15) is 0 Å². The van der Waals surface area contributed by atoms with E-state index in [2.05, 4.69) is 5.32 Å². The molecule has 0 amide bonds. The van der Waals surface area contributed by atoms with Crippen molar-refractivity contribution >= 4 is 11.4 Å². The average Bonchev–Trinajstić information content (AvgIpc) is 2.16. The molecule has 5 nitrogen and oxygen atoms in total. The van der Waals surface area contributed by atoms with Crippen LogP contribution in [-0.4, -0.2) is 17.0 Å². The second-order valence-corrected chi connectivity index (χ2v) is 3.88. The van der Waals surface area contributed by atoms with Crippen LogP contribution in [0.5, 0.6) is 0 Å². The summed E-state index contributed by atoms with van der Waals surface area (Å²) in [6, 6.07) is 7.18. The maximum absolute atomic E-state index is 10.5. The molecule has 15 heavy (non-hydrogen) atoms. The Kier molecular flexibility index (Phi) is 2.55. The first kappa shape index (κ1) is 9.92. The van der Waals surface area contributed by atoms with Crippen LogP contribution in [0.1, 0.15) is 12.8 Å². The molecule has 5 heteroatoms. The Morgan fingerprint density at radius 2 is 2.20 bits per heavy atom. The molecule has 1 aliphatic rings. The summed E-state index contributed by atoms with van der Waals surface area (Å²) in [4.78, 5) is 10.1. The number of nitro benzene ring substituents is 1. The third kappa shape index (κ3) is 2.24. The summed E-state index contributed by atoms with van der Waals surface area (Å²) in [5.41, 5.74) is 6.56. The van der Waals surface area contributed by atoms with E-state index in [0.717, 1.165) is 18.5 Å². The van der Waals surface area contributed by atoms with Gasteiger partial charge in [-0.1, -0.05) is 6.07 Å². The van der Waals surface area contributed by atoms with Gasteiger partial charge < -0.3 is 11.1 Å². The maximum atomic E-state index is 10.5. The maximum Gasteiger partial charge on any atom is 0.271 e. The summed E-state index contributed by atoms with van der Waals surface area (Å²) in [7, 11) is 0. The lowest BCUT2D eigenvalue weighted by Gasteiger charge is -2.33. The standard InChI is InChI=1S/C10H13N3O2/c11-7-4-9(5-7)12-8-2-1-3-10(6-8)13(14)15/h1-3,6-7,9,12H,4-5,11H2. The summed E-state index contributed by atoms with van der Waals surface area (Å²) in [6.45, 7) is 0. The van der Waals surface area contributed by atoms with Crippen molar-refractivity contribution in [2.24, 2.45) is 5.73 Å². The van der Waals surface area contributed by atoms with Crippen LogP contribution >= 0.6 is 0 Å². The molecule has 1 saturated carbocycles. The number of nitrogens with zero attached hydrogens (tertiary/aromatic N) is 1. The first-order chi connectivity index (χ1) is 7.15. The molecular formula is C10H13N3O2. The SMILES string of the molecule is NC1CC(Nc2cccc([N+](=O)[O-])c2)C1. The molecule has 1 aromatic rings. The van der Waals surface area contributed by atoms with Gasteiger partial charge in [-0.25, -0.2) is 0 Å². The van der Waals surface area contributed by atoms with E-state index in [-0.39, 0.29) is 11.7 Å². The molecule has 0 saturated heterocycles. The largest absolute Gasteiger partial charge is 0.382 e. The van der Waals surface area contributed by atoms with Gasteiger partial charge in [0.05, 0.1) is 4.92 Å². The van der Waals surface area contributed by atoms with E-state index in [1.807, 2.05) is 6.07 Å². The number of anilines is 1. The summed E-state index contributed by atoms with van der Waals surface area (Å²) in [6.07, 6.45) is 1.87. The zero-order valence-electron chi connectivity index (χ0n) is 8.22. The van der Waals surface area contributed by atoms with Crippen LogP contribution in [0.4, 0.5) is 11.4 Å². The molecule has 0 aliphatic heterocycles. The highest BCUT2D eigenvalue weighted by Crippen LogP contribution is 2.24. The number of nitrogens with one attached hydrogen (secondary N) is 1. The van der Waals surface area contributed by atoms with E-state index in [4.69, 9.17) is 5.73 Å². The Balaban J connectivity index is 2.02. The molecule has 0 unspecified atom stereocenters. The molecule has 0 heterocycles. The Morgan fingerprint density at radius 1 is 1.47 bits per heavy atom. The van der Waals surface area contributed by atoms with Crippen LogP contribution < -0.4 is 11.1 Å². The van der Waals surface area contributed by atoms with Crippen molar-refractivity contribution in [2.75, 3.05) is 5.32 Å². The molecule has 0 atom stereocenters. The predicted octanol–water partition coefficient (Wildman–Crippen LogP) is 1.50. The summed E-state index contributed by atoms with van der Waals surface area (Å²) < 4.78 is 0. The molecule has 0 bridgehead atoms. The number of hydrogen-bond donors (Lipinski definition) is 2. The monoisotopic (exact) mass is 207 g/mol. The van der Waals surface area contributed by atoms with Gasteiger partial charge in [0, 0.05) is 29.9 Å². The molecule has 0 spiro atoms. The van der Waals surface area contributed by atoms with Gasteiger partial charge >= 0.3 is 0 Å². The third-order valence-electron chi connectivity index (χ3n) is 2.60. The van der Waals surface area contributed by atoms with Crippen molar-refractivity contribution in [3.63, 3.8) is 0 Å². The molecule has 1 fully saturated rings. The molecule has 1 aliphatic carbocycles. The Labute approximate surface area is 87.4 Å². The van der Waals surface area contributed by atoms with E-state index in [0.29, 0.717) is 6.04 Å². The van der Waals surface area contributed by atoms with Crippen molar-refractivity contribution in [2.45, 2.75) is 24.9 Å². The van der Waals surface area contributed by atoms with Crippen LogP contribution in [0, 0.1) is 10.1 Å². The minimum absolute atomic E-state index is 0.114. The Bertz CT molecular complexity index is 375. The van der Waals surface area contributed by atoms with Gasteiger partial charge in [0.25, 0.3) is 5.69 Å². The number of benzene rings is 1. The third-order valence-corrected chi connectivity index (χ3v) is 2.60. The fourth-order valence-corrected chi connectivity index (χ4v) is 1.72. The minimum Gasteiger partial charge on any atom is -0.382 e. The zero-order valence-corrected chi connectivity index (χ0v) is 8.22. The highest BCUT2D eigenvalue weighted by atomic mass is 16.6. The van der Waals surface area contributed by atoms with Crippen LogP contribution in [-0.2, 0) is 0 Å². The second kappa shape index (κ2) is 3.86. The average molecular weight is 207 g/mol. The lowest BCUT2D eigenvalue weighted by atomic mass is 9.87. The number of hydrogen-bond acceptors (Lipinski definition) is 4. The quantitative estimate of drug-likeness (QED) is 0.581. The smallest absolute Gasteiger partial charge is 0.271 e. The molecule has 3 N–H and O–H groups in total. The number of non-ortho nitro benzene ring substituents is 1. The molecule has 1 aromatic carbocycles. The summed E-state index contributed by atoms with van der Waals surface area (Å²) in [5.74, 6) is 0. The van der Waals surface area contributed by atoms with Gasteiger partial charge in [0.2, 0.25) is 0 Å². The molecule has 80 valence electrons. The van der Waals surface area contributed by atoms with Gasteiger partial charge in [-0.15, -0.1) is 0 Å². The van der Waals surface area contributed by atoms with Crippen molar-refractivity contribution in [3.8, 4) is 0 Å². The minimum atomic E-state index is -0.391. The van der Waals surface area contributed by atoms with Gasteiger partial charge in [0.15, 0.2) is 0 Å². The number of nitro groups is 1. The van der Waals surface area contributed by atoms with Gasteiger partial charge in [-0.3, -0.25) is 10.1 Å². The van der Waals surface area contributed by atoms with Crippen molar-refractivity contribution in [1.29, 1.82) is 0 Å². The fourth-order valence-electron chi connectivity index (χ4n) is 1.72. The highest BCUT2D eigenvalue weighted by molar-refractivity contribution is 5.51. The lowest BCUT2D eigenvalue weighted by Crippen LogP contribution is -2.44. The van der Waals surface area contributed by atoms with Gasteiger partial charge in [-0.2, -0.15) is 0 Å². The van der Waals surface area contributed by atoms with Crippen molar-refractivity contribution in [1.82, 2.24) is 0 Å². The highest BCUT2D eigenvalue weighted by Gasteiger charge is 2.25. The van der Waals surface area contributed by atoms with Crippen LogP contribution in [0.15, 0.2) is 24.3 Å². The molecular weight excluding hydrogens is 194 g/mol. The van der Waals surface area contributed by atoms with Crippen molar-refractivity contribution in [3.05, 3.63) is 34.4 Å². The first-order valence-corrected chi connectivity index (χ1v) is 4.92. The van der Waals surface area contributed by atoms with Crippen LogP contribution in [0.3, 0.4) is 0 Å². The molecule has 0 radical (unpaired) electrons. The van der Waals surface area contributed by atoms with E-state index in [1.165, 1.54) is 6.07 Å². The van der Waals surface area contributed by atoms with Crippen LogP contribution in [0.25, 0.3) is 0 Å². The van der Waals surface area contributed by atoms with Gasteiger partial charge in [-0.05, 0) is 18.9 Å².